The SMILES string of the molecule is NCC(NC1CC1)c1ccc(OC(F)F)cc1. The van der Waals surface area contributed by atoms with E-state index in [2.05, 4.69) is 10.1 Å². The van der Waals surface area contributed by atoms with Crippen LogP contribution in [0.1, 0.15) is 24.4 Å². The van der Waals surface area contributed by atoms with E-state index in [-0.39, 0.29) is 11.8 Å². The van der Waals surface area contributed by atoms with E-state index in [9.17, 15) is 8.78 Å². The van der Waals surface area contributed by atoms with Gasteiger partial charge in [0.1, 0.15) is 5.75 Å². The summed E-state index contributed by atoms with van der Waals surface area (Å²) in [7, 11) is 0. The normalized spacial score (nSPS) is 17.2. The average Bonchev–Trinajstić information content (AvgIpc) is 3.10. The molecule has 1 aromatic rings. The van der Waals surface area contributed by atoms with E-state index in [0.29, 0.717) is 12.6 Å². The summed E-state index contributed by atoms with van der Waals surface area (Å²) in [4.78, 5) is 0. The first-order valence-electron chi connectivity index (χ1n) is 5.70. The summed E-state index contributed by atoms with van der Waals surface area (Å²) >= 11 is 0. The molecule has 1 atom stereocenters. The highest BCUT2D eigenvalue weighted by Crippen LogP contribution is 2.25. The van der Waals surface area contributed by atoms with Crippen molar-refractivity contribution in [2.45, 2.75) is 31.5 Å². The minimum Gasteiger partial charge on any atom is -0.435 e. The van der Waals surface area contributed by atoms with Crippen LogP contribution in [0.2, 0.25) is 0 Å². The summed E-state index contributed by atoms with van der Waals surface area (Å²) in [6, 6.07) is 7.26. The summed E-state index contributed by atoms with van der Waals surface area (Å²) in [5.41, 5.74) is 6.69. The predicted octanol–water partition coefficient (Wildman–Crippen LogP) is 2.04. The highest BCUT2D eigenvalue weighted by molar-refractivity contribution is 5.29. The molecule has 0 spiro atoms. The maximum Gasteiger partial charge on any atom is 0.387 e. The van der Waals surface area contributed by atoms with Crippen LogP contribution in [0.25, 0.3) is 0 Å². The third-order valence-corrected chi connectivity index (χ3v) is 2.76. The maximum absolute atomic E-state index is 12.0. The van der Waals surface area contributed by atoms with Gasteiger partial charge in [-0.25, -0.2) is 0 Å². The summed E-state index contributed by atoms with van der Waals surface area (Å²) < 4.78 is 28.2. The first-order valence-corrected chi connectivity index (χ1v) is 5.70. The van der Waals surface area contributed by atoms with Gasteiger partial charge in [-0.05, 0) is 30.5 Å². The Morgan fingerprint density at radius 3 is 2.41 bits per heavy atom. The highest BCUT2D eigenvalue weighted by atomic mass is 19.3. The van der Waals surface area contributed by atoms with Crippen molar-refractivity contribution in [3.8, 4) is 5.75 Å². The number of hydrogen-bond donors (Lipinski definition) is 2. The predicted molar refractivity (Wildman–Crippen MR) is 61.0 cm³/mol. The molecule has 2 rings (SSSR count). The minimum atomic E-state index is -2.78. The summed E-state index contributed by atoms with van der Waals surface area (Å²) in [5.74, 6) is 0.172. The molecule has 1 saturated carbocycles. The topological polar surface area (TPSA) is 47.3 Å². The second-order valence-corrected chi connectivity index (χ2v) is 4.18. The standard InChI is InChI=1S/C12H16F2N2O/c13-12(14)17-10-5-1-8(2-6-10)11(7-15)16-9-3-4-9/h1-2,5-6,9,11-12,16H,3-4,7,15H2. The number of ether oxygens (including phenoxy) is 1. The molecule has 1 unspecified atom stereocenters. The van der Waals surface area contributed by atoms with Gasteiger partial charge in [-0.1, -0.05) is 12.1 Å². The van der Waals surface area contributed by atoms with Gasteiger partial charge >= 0.3 is 6.61 Å². The first-order chi connectivity index (χ1) is 8.19. The van der Waals surface area contributed by atoms with Gasteiger partial charge in [-0.2, -0.15) is 8.78 Å². The summed E-state index contributed by atoms with van der Waals surface area (Å²) in [6.45, 7) is -2.29. The van der Waals surface area contributed by atoms with Gasteiger partial charge in [0.15, 0.2) is 0 Å². The summed E-state index contributed by atoms with van der Waals surface area (Å²) in [6.07, 6.45) is 2.37. The molecule has 0 bridgehead atoms. The fourth-order valence-electron chi connectivity index (χ4n) is 1.72. The molecule has 0 heterocycles. The lowest BCUT2D eigenvalue weighted by Crippen LogP contribution is -2.29. The third-order valence-electron chi connectivity index (χ3n) is 2.76. The molecule has 17 heavy (non-hydrogen) atoms. The van der Waals surface area contributed by atoms with E-state index in [0.717, 1.165) is 5.56 Å². The van der Waals surface area contributed by atoms with E-state index in [1.807, 2.05) is 0 Å². The number of hydrogen-bond acceptors (Lipinski definition) is 3. The third kappa shape index (κ3) is 3.64. The fourth-order valence-corrected chi connectivity index (χ4v) is 1.72. The van der Waals surface area contributed by atoms with Crippen LogP contribution in [0, 0.1) is 0 Å². The summed E-state index contributed by atoms with van der Waals surface area (Å²) in [5, 5.41) is 3.40. The Bertz CT molecular complexity index is 352. The average molecular weight is 242 g/mol. The van der Waals surface area contributed by atoms with Crippen LogP contribution in [-0.2, 0) is 0 Å². The molecule has 0 aliphatic heterocycles. The van der Waals surface area contributed by atoms with Gasteiger partial charge in [0.25, 0.3) is 0 Å². The lowest BCUT2D eigenvalue weighted by Gasteiger charge is -2.17. The Morgan fingerprint density at radius 2 is 1.94 bits per heavy atom. The van der Waals surface area contributed by atoms with Crippen molar-refractivity contribution in [2.24, 2.45) is 5.73 Å². The maximum atomic E-state index is 12.0. The van der Waals surface area contributed by atoms with Crippen molar-refractivity contribution in [3.63, 3.8) is 0 Å². The zero-order valence-corrected chi connectivity index (χ0v) is 9.40. The molecule has 3 nitrogen and oxygen atoms in total. The molecule has 94 valence electrons. The van der Waals surface area contributed by atoms with Crippen LogP contribution in [-0.4, -0.2) is 19.2 Å². The lowest BCUT2D eigenvalue weighted by atomic mass is 10.1. The Kier molecular flexibility index (Phi) is 3.91. The monoisotopic (exact) mass is 242 g/mol. The van der Waals surface area contributed by atoms with Crippen molar-refractivity contribution < 1.29 is 13.5 Å². The van der Waals surface area contributed by atoms with E-state index < -0.39 is 6.61 Å². The van der Waals surface area contributed by atoms with Gasteiger partial charge < -0.3 is 15.8 Å². The Morgan fingerprint density at radius 1 is 1.29 bits per heavy atom. The van der Waals surface area contributed by atoms with Crippen molar-refractivity contribution in [3.05, 3.63) is 29.8 Å². The van der Waals surface area contributed by atoms with E-state index >= 15 is 0 Å². The minimum absolute atomic E-state index is 0.0862. The molecule has 5 heteroatoms. The van der Waals surface area contributed by atoms with Gasteiger partial charge in [-0.15, -0.1) is 0 Å². The highest BCUT2D eigenvalue weighted by Gasteiger charge is 2.24. The zero-order valence-electron chi connectivity index (χ0n) is 9.40. The molecular weight excluding hydrogens is 226 g/mol. The molecule has 0 saturated heterocycles. The smallest absolute Gasteiger partial charge is 0.387 e. The number of nitrogens with one attached hydrogen (secondary N) is 1. The van der Waals surface area contributed by atoms with E-state index in [4.69, 9.17) is 5.73 Å². The van der Waals surface area contributed by atoms with Crippen LogP contribution in [0.3, 0.4) is 0 Å². The Hall–Kier alpha value is -1.20. The van der Waals surface area contributed by atoms with Crippen molar-refractivity contribution in [1.29, 1.82) is 0 Å². The fraction of sp³-hybridized carbons (Fsp3) is 0.500. The molecule has 3 N–H and O–H groups in total. The number of rotatable bonds is 6. The molecule has 0 radical (unpaired) electrons. The second-order valence-electron chi connectivity index (χ2n) is 4.18. The number of alkyl halides is 2. The number of halogens is 2. The van der Waals surface area contributed by atoms with E-state index in [1.165, 1.54) is 12.8 Å². The second kappa shape index (κ2) is 5.42. The molecule has 1 aliphatic rings. The molecule has 1 aromatic carbocycles. The number of benzene rings is 1. The van der Waals surface area contributed by atoms with Crippen LogP contribution in [0.5, 0.6) is 5.75 Å². The molecule has 1 aliphatic carbocycles. The number of nitrogens with two attached hydrogens (primary N) is 1. The molecule has 1 fully saturated rings. The Balaban J connectivity index is 1.99. The lowest BCUT2D eigenvalue weighted by molar-refractivity contribution is -0.0498. The van der Waals surface area contributed by atoms with Gasteiger partial charge in [0.2, 0.25) is 0 Å². The van der Waals surface area contributed by atoms with Crippen LogP contribution >= 0.6 is 0 Å². The van der Waals surface area contributed by atoms with Crippen molar-refractivity contribution in [2.75, 3.05) is 6.54 Å². The van der Waals surface area contributed by atoms with Gasteiger partial charge in [0.05, 0.1) is 0 Å². The van der Waals surface area contributed by atoms with Crippen LogP contribution < -0.4 is 15.8 Å². The van der Waals surface area contributed by atoms with Gasteiger partial charge in [0, 0.05) is 18.6 Å². The van der Waals surface area contributed by atoms with Crippen LogP contribution in [0.4, 0.5) is 8.78 Å². The zero-order chi connectivity index (χ0) is 12.3. The molecule has 0 aromatic heterocycles. The van der Waals surface area contributed by atoms with Crippen molar-refractivity contribution >= 4 is 0 Å². The molecule has 0 amide bonds. The Labute approximate surface area is 98.9 Å². The van der Waals surface area contributed by atoms with E-state index in [1.54, 1.807) is 24.3 Å². The van der Waals surface area contributed by atoms with Gasteiger partial charge in [-0.3, -0.25) is 0 Å². The molecular formula is C12H16F2N2O. The van der Waals surface area contributed by atoms with Crippen LogP contribution in [0.15, 0.2) is 24.3 Å². The quantitative estimate of drug-likeness (QED) is 0.802. The largest absolute Gasteiger partial charge is 0.435 e. The van der Waals surface area contributed by atoms with Crippen molar-refractivity contribution in [1.82, 2.24) is 5.32 Å². The first kappa shape index (κ1) is 12.3.